The Hall–Kier alpha value is -0.180. The van der Waals surface area contributed by atoms with E-state index in [1.165, 1.54) is 0 Å². The van der Waals surface area contributed by atoms with Crippen molar-refractivity contribution in [2.75, 3.05) is 5.75 Å². The van der Waals surface area contributed by atoms with Crippen molar-refractivity contribution < 1.29 is 9.00 Å². The molecular formula is C11H20O2S. The second-order valence-corrected chi connectivity index (χ2v) is 6.08. The Morgan fingerprint density at radius 3 is 2.86 bits per heavy atom. The summed E-state index contributed by atoms with van der Waals surface area (Å²) in [6, 6.07) is 0. The molecule has 0 aromatic rings. The topological polar surface area (TPSA) is 34.1 Å². The molecule has 0 aromatic carbocycles. The van der Waals surface area contributed by atoms with Crippen LogP contribution in [0.1, 0.15) is 46.0 Å². The Morgan fingerprint density at radius 2 is 2.29 bits per heavy atom. The molecule has 82 valence electrons. The second-order valence-electron chi connectivity index (χ2n) is 4.32. The molecule has 0 radical (unpaired) electrons. The molecule has 0 amide bonds. The van der Waals surface area contributed by atoms with E-state index in [4.69, 9.17) is 0 Å². The van der Waals surface area contributed by atoms with Gasteiger partial charge in [0.15, 0.2) is 0 Å². The van der Waals surface area contributed by atoms with Gasteiger partial charge in [-0.05, 0) is 18.8 Å². The van der Waals surface area contributed by atoms with Gasteiger partial charge in [-0.3, -0.25) is 9.00 Å². The van der Waals surface area contributed by atoms with Crippen LogP contribution in [0.5, 0.6) is 0 Å². The number of rotatable bonds is 4. The van der Waals surface area contributed by atoms with Gasteiger partial charge in [0.2, 0.25) is 0 Å². The van der Waals surface area contributed by atoms with Crippen LogP contribution in [-0.2, 0) is 15.6 Å². The molecule has 3 heteroatoms. The first-order chi connectivity index (χ1) is 6.63. The number of hydrogen-bond donors (Lipinski definition) is 0. The average Bonchev–Trinajstić information content (AvgIpc) is 2.17. The summed E-state index contributed by atoms with van der Waals surface area (Å²) in [6.07, 6.45) is 4.26. The van der Waals surface area contributed by atoms with E-state index in [0.717, 1.165) is 25.0 Å². The second kappa shape index (κ2) is 5.64. The number of hydrogen-bond acceptors (Lipinski definition) is 2. The van der Waals surface area contributed by atoms with E-state index in [9.17, 15) is 9.00 Å². The molecule has 0 saturated heterocycles. The standard InChI is InChI=1S/C11H20O2S/c1-3-9(2)8-14(13)11-6-4-5-10(12)7-11/h9,11H,3-8H2,1-2H3. The predicted molar refractivity (Wildman–Crippen MR) is 59.7 cm³/mol. The third kappa shape index (κ3) is 3.52. The third-order valence-corrected chi connectivity index (χ3v) is 5.00. The predicted octanol–water partition coefficient (Wildman–Crippen LogP) is 2.29. The maximum atomic E-state index is 11.9. The molecule has 3 atom stereocenters. The molecule has 0 bridgehead atoms. The van der Waals surface area contributed by atoms with Crippen molar-refractivity contribution in [3.05, 3.63) is 0 Å². The van der Waals surface area contributed by atoms with Crippen LogP contribution in [0.2, 0.25) is 0 Å². The number of carbonyl (C=O) groups excluding carboxylic acids is 1. The summed E-state index contributed by atoms with van der Waals surface area (Å²) in [4.78, 5) is 11.2. The summed E-state index contributed by atoms with van der Waals surface area (Å²) >= 11 is 0. The minimum atomic E-state index is -0.778. The highest BCUT2D eigenvalue weighted by Gasteiger charge is 2.24. The quantitative estimate of drug-likeness (QED) is 0.722. The summed E-state index contributed by atoms with van der Waals surface area (Å²) < 4.78 is 11.9. The van der Waals surface area contributed by atoms with Gasteiger partial charge in [-0.2, -0.15) is 0 Å². The van der Waals surface area contributed by atoms with E-state index in [1.807, 2.05) is 0 Å². The van der Waals surface area contributed by atoms with Gasteiger partial charge < -0.3 is 0 Å². The molecule has 2 nitrogen and oxygen atoms in total. The first-order valence-corrected chi connectivity index (χ1v) is 6.90. The fourth-order valence-electron chi connectivity index (χ4n) is 1.74. The Balaban J connectivity index is 2.39. The van der Waals surface area contributed by atoms with Crippen molar-refractivity contribution in [3.63, 3.8) is 0 Å². The highest BCUT2D eigenvalue weighted by molar-refractivity contribution is 7.85. The van der Waals surface area contributed by atoms with E-state index in [1.54, 1.807) is 0 Å². The van der Waals surface area contributed by atoms with Crippen LogP contribution < -0.4 is 0 Å². The fourth-order valence-corrected chi connectivity index (χ4v) is 3.61. The SMILES string of the molecule is CCC(C)CS(=O)C1CCCC(=O)C1. The van der Waals surface area contributed by atoms with Gasteiger partial charge in [-0.15, -0.1) is 0 Å². The van der Waals surface area contributed by atoms with Crippen molar-refractivity contribution in [3.8, 4) is 0 Å². The van der Waals surface area contributed by atoms with E-state index in [2.05, 4.69) is 13.8 Å². The third-order valence-electron chi connectivity index (χ3n) is 2.95. The number of Topliss-reactive ketones (excluding diaryl/α,β-unsaturated/α-hetero) is 1. The maximum Gasteiger partial charge on any atom is 0.134 e. The molecular weight excluding hydrogens is 196 g/mol. The molecule has 14 heavy (non-hydrogen) atoms. The average molecular weight is 216 g/mol. The minimum absolute atomic E-state index is 0.158. The molecule has 0 aliphatic heterocycles. The Bertz CT molecular complexity index is 225. The number of ketones is 1. The van der Waals surface area contributed by atoms with Crippen molar-refractivity contribution >= 4 is 16.6 Å². The van der Waals surface area contributed by atoms with Crippen molar-refractivity contribution in [2.45, 2.75) is 51.2 Å². The lowest BCUT2D eigenvalue weighted by Gasteiger charge is -2.21. The molecule has 1 rings (SSSR count). The molecule has 0 spiro atoms. The monoisotopic (exact) mass is 216 g/mol. The first-order valence-electron chi connectivity index (χ1n) is 5.52. The summed E-state index contributed by atoms with van der Waals surface area (Å²) in [5, 5.41) is 0.158. The van der Waals surface area contributed by atoms with Gasteiger partial charge in [0.1, 0.15) is 5.78 Å². The zero-order valence-electron chi connectivity index (χ0n) is 9.12. The highest BCUT2D eigenvalue weighted by Crippen LogP contribution is 2.21. The molecule has 0 heterocycles. The van der Waals surface area contributed by atoms with Crippen molar-refractivity contribution in [2.24, 2.45) is 5.92 Å². The van der Waals surface area contributed by atoms with E-state index in [-0.39, 0.29) is 5.25 Å². The largest absolute Gasteiger partial charge is 0.300 e. The van der Waals surface area contributed by atoms with Crippen molar-refractivity contribution in [1.29, 1.82) is 0 Å². The lowest BCUT2D eigenvalue weighted by atomic mass is 9.99. The molecule has 1 aliphatic rings. The van der Waals surface area contributed by atoms with Crippen LogP contribution in [-0.4, -0.2) is 21.0 Å². The van der Waals surface area contributed by atoms with Gasteiger partial charge in [-0.1, -0.05) is 20.3 Å². The summed E-state index contributed by atoms with van der Waals surface area (Å²) in [6.45, 7) is 4.25. The lowest BCUT2D eigenvalue weighted by molar-refractivity contribution is -0.120. The van der Waals surface area contributed by atoms with Crippen LogP contribution in [0.4, 0.5) is 0 Å². The Morgan fingerprint density at radius 1 is 1.57 bits per heavy atom. The highest BCUT2D eigenvalue weighted by atomic mass is 32.2. The van der Waals surface area contributed by atoms with E-state index < -0.39 is 10.8 Å². The minimum Gasteiger partial charge on any atom is -0.300 e. The van der Waals surface area contributed by atoms with Crippen LogP contribution in [0.25, 0.3) is 0 Å². The molecule has 3 unspecified atom stereocenters. The van der Waals surface area contributed by atoms with Gasteiger partial charge >= 0.3 is 0 Å². The smallest absolute Gasteiger partial charge is 0.134 e. The van der Waals surface area contributed by atoms with Gasteiger partial charge in [0, 0.05) is 34.6 Å². The van der Waals surface area contributed by atoms with Crippen LogP contribution in [0.3, 0.4) is 0 Å². The molecule has 1 saturated carbocycles. The summed E-state index contributed by atoms with van der Waals surface area (Å²) in [7, 11) is -0.778. The normalized spacial score (nSPS) is 27.3. The van der Waals surface area contributed by atoms with Gasteiger partial charge in [0.05, 0.1) is 0 Å². The lowest BCUT2D eigenvalue weighted by Crippen LogP contribution is -2.27. The van der Waals surface area contributed by atoms with Crippen LogP contribution in [0, 0.1) is 5.92 Å². The first kappa shape index (κ1) is 11.9. The zero-order valence-corrected chi connectivity index (χ0v) is 9.94. The Kier molecular flexibility index (Phi) is 4.79. The van der Waals surface area contributed by atoms with Crippen LogP contribution >= 0.6 is 0 Å². The summed E-state index contributed by atoms with van der Waals surface area (Å²) in [5.74, 6) is 1.60. The maximum absolute atomic E-state index is 11.9. The van der Waals surface area contributed by atoms with Gasteiger partial charge in [0.25, 0.3) is 0 Å². The molecule has 0 aromatic heterocycles. The van der Waals surface area contributed by atoms with Crippen LogP contribution in [0.15, 0.2) is 0 Å². The van der Waals surface area contributed by atoms with Gasteiger partial charge in [-0.25, -0.2) is 0 Å². The van der Waals surface area contributed by atoms with E-state index >= 15 is 0 Å². The summed E-state index contributed by atoms with van der Waals surface area (Å²) in [5.41, 5.74) is 0. The Labute approximate surface area is 88.9 Å². The fraction of sp³-hybridized carbons (Fsp3) is 0.909. The van der Waals surface area contributed by atoms with Crippen molar-refractivity contribution in [1.82, 2.24) is 0 Å². The number of carbonyl (C=O) groups is 1. The van der Waals surface area contributed by atoms with E-state index in [0.29, 0.717) is 24.5 Å². The molecule has 1 aliphatic carbocycles. The zero-order chi connectivity index (χ0) is 10.6. The molecule has 0 N–H and O–H groups in total. The molecule has 1 fully saturated rings.